The van der Waals surface area contributed by atoms with Gasteiger partial charge in [-0.15, -0.1) is 6.58 Å². The number of rotatable bonds is 2. The molecule has 1 rings (SSSR count). The molecule has 0 bridgehead atoms. The molecule has 0 radical (unpaired) electrons. The lowest BCUT2D eigenvalue weighted by molar-refractivity contribution is 1.27. The Hall–Kier alpha value is -1.95. The van der Waals surface area contributed by atoms with Crippen LogP contribution in [0.3, 0.4) is 0 Å². The maximum Gasteiger partial charge on any atom is 0.103 e. The lowest BCUT2D eigenvalue weighted by Crippen LogP contribution is -2.00. The van der Waals surface area contributed by atoms with Crippen molar-refractivity contribution in [3.8, 4) is 6.07 Å². The average Bonchev–Trinajstić information content (AvgIpc) is 2.11. The number of anilines is 2. The molecule has 0 aliphatic carbocycles. The third-order valence-electron chi connectivity index (χ3n) is 1.84. The molecule has 66 valence electrons. The van der Waals surface area contributed by atoms with Gasteiger partial charge in [0, 0.05) is 0 Å². The molecule has 3 nitrogen and oxygen atoms in total. The van der Waals surface area contributed by atoms with Crippen LogP contribution in [0, 0.1) is 11.3 Å². The molecule has 0 spiro atoms. The molecule has 0 saturated heterocycles. The van der Waals surface area contributed by atoms with Gasteiger partial charge in [0.05, 0.1) is 16.9 Å². The Bertz CT molecular complexity index is 374. The first kappa shape index (κ1) is 9.14. The number of benzene rings is 1. The van der Waals surface area contributed by atoms with Crippen LogP contribution in [0.4, 0.5) is 11.4 Å². The number of hydrogen-bond acceptors (Lipinski definition) is 3. The molecule has 1 aromatic carbocycles. The molecule has 1 aromatic rings. The Morgan fingerprint density at radius 3 is 2.69 bits per heavy atom. The van der Waals surface area contributed by atoms with Gasteiger partial charge in [0.15, 0.2) is 0 Å². The van der Waals surface area contributed by atoms with Crippen LogP contribution >= 0.6 is 0 Å². The summed E-state index contributed by atoms with van der Waals surface area (Å²) >= 11 is 0. The van der Waals surface area contributed by atoms with Crippen LogP contribution in [0.5, 0.6) is 0 Å². The minimum Gasteiger partial charge on any atom is -0.398 e. The van der Waals surface area contributed by atoms with E-state index in [0.717, 1.165) is 5.56 Å². The molecule has 0 aliphatic heterocycles. The van der Waals surface area contributed by atoms with Crippen LogP contribution in [-0.4, -0.2) is 0 Å². The Labute approximate surface area is 77.3 Å². The van der Waals surface area contributed by atoms with Gasteiger partial charge < -0.3 is 11.5 Å². The summed E-state index contributed by atoms with van der Waals surface area (Å²) in [5, 5.41) is 8.76. The van der Waals surface area contributed by atoms with Gasteiger partial charge in [0.25, 0.3) is 0 Å². The van der Waals surface area contributed by atoms with E-state index in [2.05, 4.69) is 6.58 Å². The molecule has 0 atom stereocenters. The quantitative estimate of drug-likeness (QED) is 0.525. The zero-order chi connectivity index (χ0) is 9.84. The minimum absolute atomic E-state index is 0.361. The SMILES string of the molecule is C=CCc1ccc(N)c(C#N)c1N. The molecular formula is C10H11N3. The normalized spacial score (nSPS) is 9.15. The molecule has 0 aliphatic rings. The maximum absolute atomic E-state index is 8.76. The highest BCUT2D eigenvalue weighted by Crippen LogP contribution is 2.23. The first-order valence-electron chi connectivity index (χ1n) is 3.88. The largest absolute Gasteiger partial charge is 0.398 e. The highest BCUT2D eigenvalue weighted by Gasteiger charge is 2.06. The third kappa shape index (κ3) is 1.62. The van der Waals surface area contributed by atoms with Gasteiger partial charge in [-0.3, -0.25) is 0 Å². The summed E-state index contributed by atoms with van der Waals surface area (Å²) in [6.45, 7) is 3.61. The fraction of sp³-hybridized carbons (Fsp3) is 0.100. The zero-order valence-corrected chi connectivity index (χ0v) is 7.25. The topological polar surface area (TPSA) is 75.8 Å². The lowest BCUT2D eigenvalue weighted by atomic mass is 10.0. The van der Waals surface area contributed by atoms with E-state index in [1.807, 2.05) is 12.1 Å². The summed E-state index contributed by atoms with van der Waals surface area (Å²) in [7, 11) is 0. The average molecular weight is 173 g/mol. The van der Waals surface area contributed by atoms with Gasteiger partial charge in [-0.05, 0) is 18.1 Å². The predicted molar refractivity (Wildman–Crippen MR) is 53.9 cm³/mol. The van der Waals surface area contributed by atoms with Gasteiger partial charge in [-0.25, -0.2) is 0 Å². The smallest absolute Gasteiger partial charge is 0.103 e. The Morgan fingerprint density at radius 1 is 1.46 bits per heavy atom. The van der Waals surface area contributed by atoms with E-state index < -0.39 is 0 Å². The predicted octanol–water partition coefficient (Wildman–Crippen LogP) is 1.45. The lowest BCUT2D eigenvalue weighted by Gasteiger charge is -2.06. The Balaban J connectivity index is 3.29. The number of nitriles is 1. The Kier molecular flexibility index (Phi) is 2.56. The van der Waals surface area contributed by atoms with Crippen molar-refractivity contribution in [3.63, 3.8) is 0 Å². The summed E-state index contributed by atoms with van der Waals surface area (Å²) in [5.74, 6) is 0. The number of nitrogen functional groups attached to an aromatic ring is 2. The van der Waals surface area contributed by atoms with Crippen molar-refractivity contribution in [3.05, 3.63) is 35.9 Å². The van der Waals surface area contributed by atoms with Crippen molar-refractivity contribution in [2.45, 2.75) is 6.42 Å². The fourth-order valence-electron chi connectivity index (χ4n) is 1.14. The molecule has 0 aromatic heterocycles. The molecular weight excluding hydrogens is 162 g/mol. The highest BCUT2D eigenvalue weighted by atomic mass is 14.6. The molecule has 13 heavy (non-hydrogen) atoms. The zero-order valence-electron chi connectivity index (χ0n) is 7.25. The summed E-state index contributed by atoms with van der Waals surface area (Å²) in [5.41, 5.74) is 13.4. The number of nitrogens with zero attached hydrogens (tertiary/aromatic N) is 1. The number of allylic oxidation sites excluding steroid dienone is 1. The fourth-order valence-corrected chi connectivity index (χ4v) is 1.14. The van der Waals surface area contributed by atoms with Crippen molar-refractivity contribution in [2.24, 2.45) is 0 Å². The Morgan fingerprint density at radius 2 is 2.15 bits per heavy atom. The summed E-state index contributed by atoms with van der Waals surface area (Å²) < 4.78 is 0. The van der Waals surface area contributed by atoms with Crippen LogP contribution in [0.2, 0.25) is 0 Å². The molecule has 0 amide bonds. The van der Waals surface area contributed by atoms with Crippen LogP contribution in [-0.2, 0) is 6.42 Å². The van der Waals surface area contributed by atoms with Crippen molar-refractivity contribution in [2.75, 3.05) is 11.5 Å². The monoisotopic (exact) mass is 173 g/mol. The second-order valence-corrected chi connectivity index (χ2v) is 2.71. The molecule has 3 heteroatoms. The van der Waals surface area contributed by atoms with Crippen LogP contribution in [0.15, 0.2) is 24.8 Å². The van der Waals surface area contributed by atoms with E-state index in [0.29, 0.717) is 23.4 Å². The standard InChI is InChI=1S/C10H11N3/c1-2-3-7-4-5-9(12)8(6-11)10(7)13/h2,4-5H,1,3,12-13H2. The first-order valence-corrected chi connectivity index (χ1v) is 3.88. The first-order chi connectivity index (χ1) is 6.20. The maximum atomic E-state index is 8.76. The second-order valence-electron chi connectivity index (χ2n) is 2.71. The van der Waals surface area contributed by atoms with Gasteiger partial charge in [0.1, 0.15) is 6.07 Å². The molecule has 0 saturated carbocycles. The molecule has 0 heterocycles. The van der Waals surface area contributed by atoms with Crippen molar-refractivity contribution in [1.29, 1.82) is 5.26 Å². The highest BCUT2D eigenvalue weighted by molar-refractivity contribution is 5.70. The third-order valence-corrected chi connectivity index (χ3v) is 1.84. The summed E-state index contributed by atoms with van der Waals surface area (Å²) in [4.78, 5) is 0. The molecule has 0 unspecified atom stereocenters. The van der Waals surface area contributed by atoms with E-state index >= 15 is 0 Å². The van der Waals surface area contributed by atoms with Crippen LogP contribution < -0.4 is 11.5 Å². The summed E-state index contributed by atoms with van der Waals surface area (Å²) in [6, 6.07) is 5.48. The van der Waals surface area contributed by atoms with Gasteiger partial charge >= 0.3 is 0 Å². The van der Waals surface area contributed by atoms with Crippen molar-refractivity contribution >= 4 is 11.4 Å². The minimum atomic E-state index is 0.361. The van der Waals surface area contributed by atoms with Crippen molar-refractivity contribution in [1.82, 2.24) is 0 Å². The van der Waals surface area contributed by atoms with E-state index in [-0.39, 0.29) is 0 Å². The van der Waals surface area contributed by atoms with Crippen LogP contribution in [0.1, 0.15) is 11.1 Å². The summed E-state index contributed by atoms with van der Waals surface area (Å²) in [6.07, 6.45) is 2.39. The molecule has 0 fully saturated rings. The van der Waals surface area contributed by atoms with Crippen LogP contribution in [0.25, 0.3) is 0 Å². The number of hydrogen-bond donors (Lipinski definition) is 2. The second kappa shape index (κ2) is 3.63. The van der Waals surface area contributed by atoms with E-state index in [9.17, 15) is 0 Å². The van der Waals surface area contributed by atoms with Gasteiger partial charge in [-0.2, -0.15) is 5.26 Å². The van der Waals surface area contributed by atoms with Gasteiger partial charge in [-0.1, -0.05) is 12.1 Å². The van der Waals surface area contributed by atoms with Crippen molar-refractivity contribution < 1.29 is 0 Å². The van der Waals surface area contributed by atoms with E-state index in [4.69, 9.17) is 16.7 Å². The van der Waals surface area contributed by atoms with E-state index in [1.165, 1.54) is 0 Å². The number of nitrogens with two attached hydrogens (primary N) is 2. The van der Waals surface area contributed by atoms with Gasteiger partial charge in [0.2, 0.25) is 0 Å². The molecule has 4 N–H and O–H groups in total. The van der Waals surface area contributed by atoms with E-state index in [1.54, 1.807) is 12.1 Å².